The third-order valence-corrected chi connectivity index (χ3v) is 7.05. The van der Waals surface area contributed by atoms with Crippen LogP contribution in [0.25, 0.3) is 0 Å². The van der Waals surface area contributed by atoms with Crippen molar-refractivity contribution in [2.24, 2.45) is 11.8 Å². The van der Waals surface area contributed by atoms with Crippen LogP contribution in [0.4, 0.5) is 0 Å². The van der Waals surface area contributed by atoms with Gasteiger partial charge >= 0.3 is 0 Å². The van der Waals surface area contributed by atoms with Crippen LogP contribution in [0, 0.1) is 11.8 Å². The van der Waals surface area contributed by atoms with Crippen molar-refractivity contribution >= 4 is 23.5 Å². The van der Waals surface area contributed by atoms with Gasteiger partial charge in [0.05, 0.1) is 12.5 Å². The van der Waals surface area contributed by atoms with Crippen LogP contribution in [0.15, 0.2) is 24.3 Å². The van der Waals surface area contributed by atoms with Gasteiger partial charge in [-0.1, -0.05) is 32.0 Å². The van der Waals surface area contributed by atoms with Crippen molar-refractivity contribution in [3.05, 3.63) is 29.8 Å². The zero-order valence-corrected chi connectivity index (χ0v) is 21.4. The van der Waals surface area contributed by atoms with Crippen LogP contribution in [-0.4, -0.2) is 73.8 Å². The number of imide groups is 1. The molecule has 0 N–H and O–H groups in total. The predicted octanol–water partition coefficient (Wildman–Crippen LogP) is 2.97. The molecule has 2 aliphatic rings. The van der Waals surface area contributed by atoms with Crippen LogP contribution < -0.4 is 4.74 Å². The molecule has 3 amide bonds. The highest BCUT2D eigenvalue weighted by Crippen LogP contribution is 2.44. The average Bonchev–Trinajstić information content (AvgIpc) is 3.08. The van der Waals surface area contributed by atoms with Crippen LogP contribution in [0.1, 0.15) is 57.9 Å². The second-order valence-electron chi connectivity index (χ2n) is 10.1. The fourth-order valence-corrected chi connectivity index (χ4v) is 5.28. The minimum atomic E-state index is -1.33. The summed E-state index contributed by atoms with van der Waals surface area (Å²) in [6, 6.07) is 7.09. The molecular weight excluding hydrogens is 448 g/mol. The molecule has 3 rings (SSSR count). The van der Waals surface area contributed by atoms with E-state index in [9.17, 15) is 19.2 Å². The Morgan fingerprint density at radius 1 is 1.17 bits per heavy atom. The second-order valence-corrected chi connectivity index (χ2v) is 10.1. The first-order chi connectivity index (χ1) is 16.7. The van der Waals surface area contributed by atoms with E-state index in [1.165, 1.54) is 12.0 Å². The van der Waals surface area contributed by atoms with Gasteiger partial charge in [0.2, 0.25) is 17.7 Å². The smallest absolute Gasteiger partial charge is 0.241 e. The SMILES string of the molecule is COCCCN1C(=O)C[C@@](CC(=O)N2CCC[C@@H](C(=O)CC(C)C)C2)(c2ccccc2OC)C1=O. The molecule has 8 heteroatoms. The molecular formula is C27H38N2O6. The number of likely N-dealkylation sites (tertiary alicyclic amines) is 2. The molecule has 192 valence electrons. The number of Topliss-reactive ketones (excluding diaryl/α,β-unsaturated/α-hetero) is 1. The standard InChI is InChI=1S/C27H38N2O6/c1-19(2)15-22(30)20-9-7-12-28(18-20)24(31)16-27(21-10-5-6-11-23(21)35-4)17-25(32)29(26(27)33)13-8-14-34-3/h5-6,10-11,19-20H,7-9,12-18H2,1-4H3/t20-,27+/m1/s1. The topological polar surface area (TPSA) is 93.2 Å². The fourth-order valence-electron chi connectivity index (χ4n) is 5.28. The first kappa shape index (κ1) is 26.9. The van der Waals surface area contributed by atoms with Crippen molar-refractivity contribution in [1.82, 2.24) is 9.80 Å². The van der Waals surface area contributed by atoms with Gasteiger partial charge < -0.3 is 14.4 Å². The molecule has 35 heavy (non-hydrogen) atoms. The number of benzene rings is 1. The average molecular weight is 487 g/mol. The van der Waals surface area contributed by atoms with Gasteiger partial charge in [0.1, 0.15) is 11.5 Å². The lowest BCUT2D eigenvalue weighted by Crippen LogP contribution is -2.47. The number of para-hydroxylation sites is 1. The highest BCUT2D eigenvalue weighted by atomic mass is 16.5. The Labute approximate surface area is 207 Å². The Hall–Kier alpha value is -2.74. The molecule has 1 aromatic carbocycles. The third-order valence-electron chi connectivity index (χ3n) is 7.05. The molecule has 0 radical (unpaired) electrons. The lowest BCUT2D eigenvalue weighted by molar-refractivity contribution is -0.144. The highest BCUT2D eigenvalue weighted by molar-refractivity contribution is 6.11. The second kappa shape index (κ2) is 11.8. The number of hydrogen-bond donors (Lipinski definition) is 0. The quantitative estimate of drug-likeness (QED) is 0.353. The summed E-state index contributed by atoms with van der Waals surface area (Å²) in [4.78, 5) is 56.1. The van der Waals surface area contributed by atoms with Crippen LogP contribution in [0.5, 0.6) is 5.75 Å². The predicted molar refractivity (Wildman–Crippen MR) is 131 cm³/mol. The van der Waals surface area contributed by atoms with Gasteiger partial charge in [-0.25, -0.2) is 0 Å². The largest absolute Gasteiger partial charge is 0.496 e. The zero-order chi connectivity index (χ0) is 25.6. The molecule has 0 saturated carbocycles. The van der Waals surface area contributed by atoms with Crippen LogP contribution in [0.2, 0.25) is 0 Å². The lowest BCUT2D eigenvalue weighted by atomic mass is 9.75. The Kier molecular flexibility index (Phi) is 9.05. The molecule has 2 saturated heterocycles. The van der Waals surface area contributed by atoms with Gasteiger partial charge in [-0.05, 0) is 31.2 Å². The molecule has 2 atom stereocenters. The number of methoxy groups -OCH3 is 2. The van der Waals surface area contributed by atoms with E-state index in [1.807, 2.05) is 13.8 Å². The molecule has 0 aromatic heterocycles. The summed E-state index contributed by atoms with van der Waals surface area (Å²) in [7, 11) is 3.09. The number of carbonyl (C=O) groups is 4. The van der Waals surface area contributed by atoms with E-state index in [0.29, 0.717) is 43.9 Å². The normalized spacial score (nSPS) is 22.7. The van der Waals surface area contributed by atoms with Gasteiger partial charge in [-0.15, -0.1) is 0 Å². The number of nitrogens with zero attached hydrogens (tertiary/aromatic N) is 2. The number of rotatable bonds is 11. The molecule has 0 bridgehead atoms. The Morgan fingerprint density at radius 3 is 2.60 bits per heavy atom. The zero-order valence-electron chi connectivity index (χ0n) is 21.4. The summed E-state index contributed by atoms with van der Waals surface area (Å²) < 4.78 is 10.6. The maximum absolute atomic E-state index is 13.8. The van der Waals surface area contributed by atoms with E-state index in [4.69, 9.17) is 9.47 Å². The third kappa shape index (κ3) is 5.92. The molecule has 0 spiro atoms. The van der Waals surface area contributed by atoms with Gasteiger partial charge in [0.25, 0.3) is 0 Å². The molecule has 2 heterocycles. The summed E-state index contributed by atoms with van der Waals surface area (Å²) in [6.45, 7) is 5.62. The number of hydrogen-bond acceptors (Lipinski definition) is 6. The van der Waals surface area contributed by atoms with E-state index in [2.05, 4.69) is 0 Å². The monoisotopic (exact) mass is 486 g/mol. The molecule has 2 aliphatic heterocycles. The van der Waals surface area contributed by atoms with Crippen molar-refractivity contribution in [3.63, 3.8) is 0 Å². The van der Waals surface area contributed by atoms with Gasteiger partial charge in [-0.3, -0.25) is 24.1 Å². The first-order valence-electron chi connectivity index (χ1n) is 12.5. The maximum atomic E-state index is 13.8. The van der Waals surface area contributed by atoms with E-state index < -0.39 is 5.41 Å². The first-order valence-corrected chi connectivity index (χ1v) is 12.5. The summed E-state index contributed by atoms with van der Waals surface area (Å²) in [5.41, 5.74) is -0.782. The summed E-state index contributed by atoms with van der Waals surface area (Å²) in [5.74, 6) is -0.123. The van der Waals surface area contributed by atoms with Gasteiger partial charge in [-0.2, -0.15) is 0 Å². The maximum Gasteiger partial charge on any atom is 0.241 e. The molecule has 0 unspecified atom stereocenters. The molecule has 0 aliphatic carbocycles. The molecule has 8 nitrogen and oxygen atoms in total. The summed E-state index contributed by atoms with van der Waals surface area (Å²) in [5, 5.41) is 0. The van der Waals surface area contributed by atoms with Crippen molar-refractivity contribution in [2.45, 2.75) is 57.8 Å². The Bertz CT molecular complexity index is 945. The Balaban J connectivity index is 1.88. The Morgan fingerprint density at radius 2 is 1.91 bits per heavy atom. The lowest BCUT2D eigenvalue weighted by Gasteiger charge is -2.35. The number of amides is 3. The molecule has 1 aromatic rings. The van der Waals surface area contributed by atoms with Crippen molar-refractivity contribution in [3.8, 4) is 5.75 Å². The van der Waals surface area contributed by atoms with E-state index >= 15 is 0 Å². The van der Waals surface area contributed by atoms with E-state index in [-0.39, 0.29) is 54.7 Å². The van der Waals surface area contributed by atoms with Crippen molar-refractivity contribution < 1.29 is 28.7 Å². The van der Waals surface area contributed by atoms with Crippen LogP contribution >= 0.6 is 0 Å². The van der Waals surface area contributed by atoms with Gasteiger partial charge in [0, 0.05) is 64.1 Å². The minimum Gasteiger partial charge on any atom is -0.496 e. The minimum absolute atomic E-state index is 0.0888. The van der Waals surface area contributed by atoms with E-state index in [0.717, 1.165) is 12.8 Å². The number of ether oxygens (including phenoxy) is 2. The van der Waals surface area contributed by atoms with Crippen molar-refractivity contribution in [2.75, 3.05) is 40.5 Å². The van der Waals surface area contributed by atoms with E-state index in [1.54, 1.807) is 36.3 Å². The highest BCUT2D eigenvalue weighted by Gasteiger charge is 2.55. The number of ketones is 1. The van der Waals surface area contributed by atoms with Crippen LogP contribution in [-0.2, 0) is 29.3 Å². The van der Waals surface area contributed by atoms with Gasteiger partial charge in [0.15, 0.2) is 0 Å². The summed E-state index contributed by atoms with van der Waals surface area (Å²) >= 11 is 0. The summed E-state index contributed by atoms with van der Waals surface area (Å²) in [6.07, 6.45) is 2.32. The molecule has 2 fully saturated rings. The fraction of sp³-hybridized carbons (Fsp3) is 0.630. The number of piperidine rings is 1. The number of carbonyl (C=O) groups excluding carboxylic acids is 4. The van der Waals surface area contributed by atoms with Crippen molar-refractivity contribution in [1.29, 1.82) is 0 Å². The van der Waals surface area contributed by atoms with Crippen LogP contribution in [0.3, 0.4) is 0 Å².